The van der Waals surface area contributed by atoms with Gasteiger partial charge in [0.05, 0.1) is 22.3 Å². The molecule has 2 fully saturated rings. The van der Waals surface area contributed by atoms with Gasteiger partial charge >= 0.3 is 11.9 Å². The molecule has 302 valence electrons. The van der Waals surface area contributed by atoms with Crippen LogP contribution in [-0.4, -0.2) is 105 Å². The van der Waals surface area contributed by atoms with Crippen LogP contribution >= 0.6 is 0 Å². The molecule has 4 aliphatic heterocycles. The van der Waals surface area contributed by atoms with Crippen molar-refractivity contribution < 1.29 is 67.3 Å². The van der Waals surface area contributed by atoms with Gasteiger partial charge in [-0.1, -0.05) is 12.1 Å². The van der Waals surface area contributed by atoms with Gasteiger partial charge in [-0.25, -0.2) is 9.59 Å². The Morgan fingerprint density at radius 3 is 1.46 bits per heavy atom. The van der Waals surface area contributed by atoms with Crippen LogP contribution in [0.3, 0.4) is 0 Å². The zero-order valence-electron chi connectivity index (χ0n) is 30.1. The number of carbonyl (C=O) groups excluding carboxylic acids is 9. The number of benzene rings is 2. The van der Waals surface area contributed by atoms with Crippen molar-refractivity contribution in [2.45, 2.75) is 64.1 Å². The van der Waals surface area contributed by atoms with Gasteiger partial charge in [0.1, 0.15) is 29.2 Å². The Morgan fingerprint density at radius 1 is 0.719 bits per heavy atom. The van der Waals surface area contributed by atoms with E-state index in [0.29, 0.717) is 0 Å². The number of carbonyl (C=O) groups is 10. The van der Waals surface area contributed by atoms with E-state index in [4.69, 9.17) is 19.3 Å². The van der Waals surface area contributed by atoms with E-state index in [2.05, 4.69) is 55.4 Å². The summed E-state index contributed by atoms with van der Waals surface area (Å²) in [6, 6.07) is 6.50. The van der Waals surface area contributed by atoms with E-state index in [1.807, 2.05) is 0 Å². The number of fused-ring (bicyclic) bond motifs is 2. The van der Waals surface area contributed by atoms with Crippen molar-refractivity contribution in [2.75, 3.05) is 13.2 Å². The minimum Gasteiger partial charge on any atom is -0.481 e. The molecule has 0 radical (unpaired) electrons. The molecule has 2 saturated heterocycles. The molecule has 2 aromatic carbocycles. The number of nitrogens with one attached hydrogen (secondary N) is 2. The van der Waals surface area contributed by atoms with E-state index in [0.717, 1.165) is 18.7 Å². The van der Waals surface area contributed by atoms with Crippen LogP contribution in [0, 0.1) is 0 Å². The summed E-state index contributed by atoms with van der Waals surface area (Å²) in [6.45, 7) is 4.03. The van der Waals surface area contributed by atoms with Gasteiger partial charge < -0.3 is 19.3 Å². The smallest absolute Gasteiger partial charge is 0.344 e. The number of esters is 1. The summed E-state index contributed by atoms with van der Waals surface area (Å²) in [7, 11) is 0.917. The van der Waals surface area contributed by atoms with E-state index in [-0.39, 0.29) is 59.4 Å². The standard InChI is InChI=1S/C19H20N2O7.C15H12N2O7.S3.S2/c1-19(2,3)28-14(23)9-27-12-6-4-5-10-15(12)18(26)21(17(10)25)11-7-8-13(22)20-16(11)24;18-10-5-4-8(13(21)16-10)17-14(22)7-2-1-3-9(12(7)15(17)23)24-6-11(19)20;1-3-2;1-2/h4-6,11H,7-9H2,1-3H3,(H,20,22,24);1-3,8H,4-6H2,(H,19,20)(H,16,18,21);;. The highest BCUT2D eigenvalue weighted by atomic mass is 33.1. The summed E-state index contributed by atoms with van der Waals surface area (Å²) in [5, 5.41) is 12.9. The van der Waals surface area contributed by atoms with Crippen LogP contribution in [0.4, 0.5) is 0 Å². The van der Waals surface area contributed by atoms with Crippen LogP contribution in [0.5, 0.6) is 11.5 Å². The summed E-state index contributed by atoms with van der Waals surface area (Å²) in [4.78, 5) is 121. The molecule has 4 heterocycles. The zero-order valence-corrected chi connectivity index (χ0v) is 34.1. The van der Waals surface area contributed by atoms with Crippen LogP contribution in [0.2, 0.25) is 0 Å². The molecule has 0 aromatic heterocycles. The lowest BCUT2D eigenvalue weighted by atomic mass is 10.0. The lowest BCUT2D eigenvalue weighted by Gasteiger charge is -2.27. The van der Waals surface area contributed by atoms with E-state index < -0.39 is 90.1 Å². The molecule has 0 aliphatic carbocycles. The Balaban J connectivity index is 0.000000277. The van der Waals surface area contributed by atoms with Gasteiger partial charge in [-0.3, -0.25) is 58.8 Å². The Kier molecular flexibility index (Phi) is 16.3. The summed E-state index contributed by atoms with van der Waals surface area (Å²) >= 11 is 15.6. The second-order valence-electron chi connectivity index (χ2n) is 12.9. The third-order valence-corrected chi connectivity index (χ3v) is 7.98. The van der Waals surface area contributed by atoms with Crippen molar-refractivity contribution in [1.82, 2.24) is 20.4 Å². The van der Waals surface area contributed by atoms with Gasteiger partial charge in [0, 0.05) is 66.5 Å². The Hall–Kier alpha value is -5.36. The van der Waals surface area contributed by atoms with Gasteiger partial charge in [0.2, 0.25) is 23.6 Å². The quantitative estimate of drug-likeness (QED) is 0.239. The maximum absolute atomic E-state index is 12.9. The fourth-order valence-corrected chi connectivity index (χ4v) is 5.86. The van der Waals surface area contributed by atoms with Gasteiger partial charge in [-0.05, 0) is 57.9 Å². The minimum absolute atomic E-state index is 0.0132. The van der Waals surface area contributed by atoms with Gasteiger partial charge in [0.15, 0.2) is 13.2 Å². The van der Waals surface area contributed by atoms with Crippen LogP contribution < -0.4 is 20.1 Å². The number of carboxylic acid groups (broad SMARTS) is 1. The van der Waals surface area contributed by atoms with Crippen LogP contribution in [0.15, 0.2) is 36.4 Å². The predicted molar refractivity (Wildman–Crippen MR) is 208 cm³/mol. The number of nitrogens with zero attached hydrogens (tertiary/aromatic N) is 2. The number of rotatable bonds is 8. The summed E-state index contributed by atoms with van der Waals surface area (Å²) in [5.74, 6) is -6.91. The third-order valence-electron chi connectivity index (χ3n) is 7.98. The number of imide groups is 4. The first-order valence-electron chi connectivity index (χ1n) is 16.4. The van der Waals surface area contributed by atoms with E-state index in [9.17, 15) is 47.9 Å². The molecule has 0 saturated carbocycles. The van der Waals surface area contributed by atoms with Crippen LogP contribution in [0.25, 0.3) is 0 Å². The van der Waals surface area contributed by atoms with Gasteiger partial charge in [-0.15, -0.1) is 0 Å². The van der Waals surface area contributed by atoms with Crippen molar-refractivity contribution in [3.63, 3.8) is 0 Å². The summed E-state index contributed by atoms with van der Waals surface area (Å²) in [6.07, 6.45) is 0.156. The maximum Gasteiger partial charge on any atom is 0.344 e. The number of piperidine rings is 2. The predicted octanol–water partition coefficient (Wildman–Crippen LogP) is 0.348. The molecule has 2 atom stereocenters. The van der Waals surface area contributed by atoms with Crippen molar-refractivity contribution in [3.05, 3.63) is 58.7 Å². The van der Waals surface area contributed by atoms with E-state index in [1.165, 1.54) is 36.4 Å². The number of hydrogen-bond donors (Lipinski definition) is 3. The fraction of sp³-hybridized carbons (Fsp3) is 0.353. The largest absolute Gasteiger partial charge is 0.481 e. The first kappa shape index (κ1) is 46.0. The zero-order chi connectivity index (χ0) is 42.8. The molecule has 0 bridgehead atoms. The lowest BCUT2D eigenvalue weighted by Crippen LogP contribution is -2.54. The molecule has 6 rings (SSSR count). The van der Waals surface area contributed by atoms with Crippen molar-refractivity contribution in [2.24, 2.45) is 0 Å². The summed E-state index contributed by atoms with van der Waals surface area (Å²) < 4.78 is 15.6. The molecule has 8 amide bonds. The first-order valence-corrected chi connectivity index (χ1v) is 20.4. The van der Waals surface area contributed by atoms with Gasteiger partial charge in [0.25, 0.3) is 23.6 Å². The Bertz CT molecular complexity index is 2080. The topological polar surface area (TPSA) is 249 Å². The Labute approximate surface area is 346 Å². The molecule has 18 nitrogen and oxygen atoms in total. The highest BCUT2D eigenvalue weighted by Crippen LogP contribution is 2.35. The van der Waals surface area contributed by atoms with Crippen molar-refractivity contribution in [1.29, 1.82) is 0 Å². The average molecular weight is 881 g/mol. The van der Waals surface area contributed by atoms with Crippen LogP contribution in [-0.2, 0) is 87.1 Å². The first-order chi connectivity index (χ1) is 26.9. The molecular weight excluding hydrogens is 849 g/mol. The molecule has 2 unspecified atom stereocenters. The second-order valence-corrected chi connectivity index (χ2v) is 14.6. The third kappa shape index (κ3) is 11.2. The number of hydrogen-bond acceptors (Lipinski definition) is 17. The normalized spacial score (nSPS) is 18.2. The SMILES string of the molecule is CC(C)(C)OC(=O)COc1cccc2c1C(=O)N(C1CCC(=O)NC1=O)C2=O.O=C(O)COc1cccc2c1C(=O)N(C1CCC(=O)NC1=O)C2=O.S=S.S=S=S. The highest BCUT2D eigenvalue weighted by Gasteiger charge is 2.47. The number of ether oxygens (including phenoxy) is 3. The molecule has 23 heteroatoms. The fourth-order valence-electron chi connectivity index (χ4n) is 5.86. The van der Waals surface area contributed by atoms with Gasteiger partial charge in [-0.2, -0.15) is 0 Å². The monoisotopic (exact) mass is 880 g/mol. The number of carboxylic acids is 1. The summed E-state index contributed by atoms with van der Waals surface area (Å²) in [5.41, 5.74) is -0.661. The lowest BCUT2D eigenvalue weighted by molar-refractivity contribution is -0.157. The maximum atomic E-state index is 12.9. The average Bonchev–Trinajstić information content (AvgIpc) is 3.55. The van der Waals surface area contributed by atoms with E-state index >= 15 is 0 Å². The number of amides is 8. The van der Waals surface area contributed by atoms with Crippen molar-refractivity contribution >= 4 is 113 Å². The van der Waals surface area contributed by atoms with E-state index in [1.54, 1.807) is 20.8 Å². The minimum atomic E-state index is -1.23. The molecule has 4 aliphatic rings. The molecular formula is C34H32N4O14S5. The Morgan fingerprint density at radius 2 is 1.11 bits per heavy atom. The highest BCUT2D eigenvalue weighted by molar-refractivity contribution is 8.37. The van der Waals surface area contributed by atoms with Crippen molar-refractivity contribution in [3.8, 4) is 11.5 Å². The molecule has 0 spiro atoms. The number of aliphatic carboxylic acids is 1. The molecule has 3 N–H and O–H groups in total. The van der Waals surface area contributed by atoms with Crippen LogP contribution in [0.1, 0.15) is 87.9 Å². The second kappa shape index (κ2) is 20.2. The molecule has 57 heavy (non-hydrogen) atoms. The molecule has 2 aromatic rings.